The van der Waals surface area contributed by atoms with Gasteiger partial charge in [0.2, 0.25) is 0 Å². The van der Waals surface area contributed by atoms with Crippen LogP contribution in [0.5, 0.6) is 11.5 Å². The molecule has 0 aromatic heterocycles. The summed E-state index contributed by atoms with van der Waals surface area (Å²) in [5.41, 5.74) is 5.31. The van der Waals surface area contributed by atoms with Gasteiger partial charge in [-0.2, -0.15) is 5.26 Å². The van der Waals surface area contributed by atoms with Gasteiger partial charge in [0.05, 0.1) is 7.11 Å². The minimum Gasteiger partial charge on any atom is -0.493 e. The number of carbonyl (C=O) groups excluding carboxylic acids is 1. The second-order valence-corrected chi connectivity index (χ2v) is 7.92. The summed E-state index contributed by atoms with van der Waals surface area (Å²) in [6.07, 6.45) is 3.86. The normalized spacial score (nSPS) is 10.8. The average molecular weight is 453 g/mol. The van der Waals surface area contributed by atoms with Gasteiger partial charge in [0.15, 0.2) is 11.5 Å². The van der Waals surface area contributed by atoms with Crippen molar-refractivity contribution in [3.05, 3.63) is 107 Å². The van der Waals surface area contributed by atoms with Crippen LogP contribution in [0.3, 0.4) is 0 Å². The van der Waals surface area contributed by atoms with Gasteiger partial charge >= 0.3 is 0 Å². The summed E-state index contributed by atoms with van der Waals surface area (Å²) in [4.78, 5) is 12.7. The van der Waals surface area contributed by atoms with E-state index >= 15 is 0 Å². The number of rotatable bonds is 9. The maximum absolute atomic E-state index is 12.7. The number of nitrogens with one attached hydrogen (secondary N) is 1. The molecule has 3 rings (SSSR count). The standard InChI is InChI=1S/C29H28N2O3/c1-5-8-24-15-23(16-25(18-30)29(32)31-26-10-7-6-9-21(26)3)17-27(33-4)28(24)34-19-22-13-11-20(2)12-14-22/h5-7,9-17H,1,8,19H2,2-4H3,(H,31,32)/b25-16+. The Kier molecular flexibility index (Phi) is 8.26. The number of nitrogens with zero attached hydrogens (tertiary/aromatic N) is 1. The molecule has 0 saturated heterocycles. The van der Waals surface area contributed by atoms with Crippen molar-refractivity contribution in [3.8, 4) is 17.6 Å². The van der Waals surface area contributed by atoms with E-state index in [1.807, 2.05) is 68.4 Å². The third-order valence-electron chi connectivity index (χ3n) is 5.31. The van der Waals surface area contributed by atoms with Crippen LogP contribution in [0, 0.1) is 25.2 Å². The van der Waals surface area contributed by atoms with E-state index in [1.54, 1.807) is 31.4 Å². The largest absolute Gasteiger partial charge is 0.493 e. The number of ether oxygens (including phenoxy) is 2. The monoisotopic (exact) mass is 452 g/mol. The fraction of sp³-hybridized carbons (Fsp3) is 0.172. The number of nitriles is 1. The molecule has 0 atom stereocenters. The number of aryl methyl sites for hydroxylation is 2. The smallest absolute Gasteiger partial charge is 0.266 e. The van der Waals surface area contributed by atoms with Gasteiger partial charge in [0.25, 0.3) is 5.91 Å². The van der Waals surface area contributed by atoms with Gasteiger partial charge in [0.1, 0.15) is 18.2 Å². The molecule has 0 heterocycles. The second kappa shape index (κ2) is 11.5. The zero-order valence-corrected chi connectivity index (χ0v) is 19.7. The summed E-state index contributed by atoms with van der Waals surface area (Å²) < 4.78 is 11.7. The molecule has 5 nitrogen and oxygen atoms in total. The number of anilines is 1. The molecule has 0 radical (unpaired) electrons. The van der Waals surface area contributed by atoms with Crippen molar-refractivity contribution in [1.82, 2.24) is 0 Å². The lowest BCUT2D eigenvalue weighted by Gasteiger charge is -2.16. The lowest BCUT2D eigenvalue weighted by atomic mass is 10.0. The molecule has 3 aromatic rings. The van der Waals surface area contributed by atoms with E-state index in [9.17, 15) is 10.1 Å². The summed E-state index contributed by atoms with van der Waals surface area (Å²) in [6, 6.07) is 21.2. The molecule has 1 N–H and O–H groups in total. The zero-order valence-electron chi connectivity index (χ0n) is 19.7. The summed E-state index contributed by atoms with van der Waals surface area (Å²) in [6.45, 7) is 8.17. The number of hydrogen-bond acceptors (Lipinski definition) is 4. The van der Waals surface area contributed by atoms with Crippen LogP contribution in [0.2, 0.25) is 0 Å². The summed E-state index contributed by atoms with van der Waals surface area (Å²) in [5, 5.41) is 12.4. The maximum Gasteiger partial charge on any atom is 0.266 e. The van der Waals surface area contributed by atoms with Gasteiger partial charge in [-0.3, -0.25) is 4.79 Å². The molecule has 0 fully saturated rings. The third-order valence-corrected chi connectivity index (χ3v) is 5.31. The topological polar surface area (TPSA) is 71.4 Å². The van der Waals surface area contributed by atoms with Gasteiger partial charge in [-0.25, -0.2) is 0 Å². The van der Waals surface area contributed by atoms with Crippen LogP contribution in [0.1, 0.15) is 27.8 Å². The predicted molar refractivity (Wildman–Crippen MR) is 136 cm³/mol. The van der Waals surface area contributed by atoms with Crippen molar-refractivity contribution in [3.63, 3.8) is 0 Å². The number of benzene rings is 3. The lowest BCUT2D eigenvalue weighted by Crippen LogP contribution is -2.14. The van der Waals surface area contributed by atoms with E-state index in [-0.39, 0.29) is 5.57 Å². The Morgan fingerprint density at radius 2 is 1.85 bits per heavy atom. The highest BCUT2D eigenvalue weighted by Gasteiger charge is 2.15. The van der Waals surface area contributed by atoms with Gasteiger partial charge < -0.3 is 14.8 Å². The Bertz CT molecular complexity index is 1250. The molecular formula is C29H28N2O3. The van der Waals surface area contributed by atoms with Crippen molar-refractivity contribution >= 4 is 17.7 Å². The summed E-state index contributed by atoms with van der Waals surface area (Å²) in [5.74, 6) is 0.665. The summed E-state index contributed by atoms with van der Waals surface area (Å²) >= 11 is 0. The molecule has 0 aliphatic rings. The molecule has 0 aliphatic carbocycles. The minimum atomic E-state index is -0.472. The number of carbonyl (C=O) groups is 1. The van der Waals surface area contributed by atoms with Crippen LogP contribution < -0.4 is 14.8 Å². The fourth-order valence-corrected chi connectivity index (χ4v) is 3.45. The first kappa shape index (κ1) is 24.3. The van der Waals surface area contributed by atoms with Crippen LogP contribution in [0.25, 0.3) is 6.08 Å². The third kappa shape index (κ3) is 6.14. The first-order valence-electron chi connectivity index (χ1n) is 10.9. The first-order chi connectivity index (χ1) is 16.4. The molecule has 1 amide bonds. The fourth-order valence-electron chi connectivity index (χ4n) is 3.45. The lowest BCUT2D eigenvalue weighted by molar-refractivity contribution is -0.112. The number of allylic oxidation sites excluding steroid dienone is 1. The number of hydrogen-bond donors (Lipinski definition) is 1. The molecule has 3 aromatic carbocycles. The summed E-state index contributed by atoms with van der Waals surface area (Å²) in [7, 11) is 1.56. The SMILES string of the molecule is C=CCc1cc(/C=C(\C#N)C(=O)Nc2ccccc2C)cc(OC)c1OCc1ccc(C)cc1. The number of methoxy groups -OCH3 is 1. The quantitative estimate of drug-likeness (QED) is 0.240. The Labute approximate surface area is 201 Å². The number of amides is 1. The highest BCUT2D eigenvalue weighted by atomic mass is 16.5. The molecule has 0 spiro atoms. The van der Waals surface area contributed by atoms with E-state index in [0.717, 1.165) is 16.7 Å². The van der Waals surface area contributed by atoms with Crippen LogP contribution in [0.15, 0.2) is 78.9 Å². The zero-order chi connectivity index (χ0) is 24.5. The van der Waals surface area contributed by atoms with Crippen LogP contribution in [-0.4, -0.2) is 13.0 Å². The molecule has 5 heteroatoms. The Morgan fingerprint density at radius 3 is 2.50 bits per heavy atom. The Morgan fingerprint density at radius 1 is 1.12 bits per heavy atom. The molecule has 34 heavy (non-hydrogen) atoms. The minimum absolute atomic E-state index is 0.0109. The molecule has 0 bridgehead atoms. The highest BCUT2D eigenvalue weighted by molar-refractivity contribution is 6.10. The van der Waals surface area contributed by atoms with Crippen molar-refractivity contribution in [2.75, 3.05) is 12.4 Å². The van der Waals surface area contributed by atoms with E-state index in [0.29, 0.717) is 35.8 Å². The number of para-hydroxylation sites is 1. The van der Waals surface area contributed by atoms with Crippen LogP contribution in [-0.2, 0) is 17.8 Å². The van der Waals surface area contributed by atoms with E-state index < -0.39 is 5.91 Å². The molecule has 0 saturated carbocycles. The molecule has 0 aliphatic heterocycles. The van der Waals surface area contributed by atoms with E-state index in [2.05, 4.69) is 11.9 Å². The molecular weight excluding hydrogens is 424 g/mol. The van der Waals surface area contributed by atoms with Crippen LogP contribution >= 0.6 is 0 Å². The molecule has 0 unspecified atom stereocenters. The maximum atomic E-state index is 12.7. The Hall–Kier alpha value is -4.30. The molecule has 172 valence electrons. The predicted octanol–water partition coefficient (Wildman–Crippen LogP) is 6.17. The van der Waals surface area contributed by atoms with Gasteiger partial charge in [-0.15, -0.1) is 6.58 Å². The highest BCUT2D eigenvalue weighted by Crippen LogP contribution is 2.35. The van der Waals surface area contributed by atoms with Crippen molar-refractivity contribution in [2.24, 2.45) is 0 Å². The van der Waals surface area contributed by atoms with Gasteiger partial charge in [-0.05, 0) is 61.2 Å². The van der Waals surface area contributed by atoms with Gasteiger partial charge in [-0.1, -0.05) is 54.1 Å². The van der Waals surface area contributed by atoms with Crippen molar-refractivity contribution in [1.29, 1.82) is 5.26 Å². The van der Waals surface area contributed by atoms with Crippen molar-refractivity contribution < 1.29 is 14.3 Å². The average Bonchev–Trinajstić information content (AvgIpc) is 2.84. The van der Waals surface area contributed by atoms with Crippen LogP contribution in [0.4, 0.5) is 5.69 Å². The van der Waals surface area contributed by atoms with E-state index in [4.69, 9.17) is 9.47 Å². The van der Waals surface area contributed by atoms with Gasteiger partial charge in [0, 0.05) is 11.3 Å². The second-order valence-electron chi connectivity index (χ2n) is 7.92. The van der Waals surface area contributed by atoms with E-state index in [1.165, 1.54) is 5.56 Å². The Balaban J connectivity index is 1.90. The first-order valence-corrected chi connectivity index (χ1v) is 10.9. The van der Waals surface area contributed by atoms with Crippen molar-refractivity contribution in [2.45, 2.75) is 26.9 Å².